The van der Waals surface area contributed by atoms with E-state index in [1.54, 1.807) is 11.3 Å². The Morgan fingerprint density at radius 1 is 1.44 bits per heavy atom. The first-order valence-electron chi connectivity index (χ1n) is 6.02. The van der Waals surface area contributed by atoms with Crippen molar-refractivity contribution < 1.29 is 5.11 Å². The van der Waals surface area contributed by atoms with Crippen LogP contribution in [0.1, 0.15) is 12.7 Å². The minimum Gasteiger partial charge on any atom is -0.395 e. The van der Waals surface area contributed by atoms with Crippen LogP contribution in [0, 0.1) is 0 Å². The maximum Gasteiger partial charge on any atom is 0.146 e. The van der Waals surface area contributed by atoms with Gasteiger partial charge in [0.2, 0.25) is 0 Å². The van der Waals surface area contributed by atoms with Gasteiger partial charge < -0.3 is 10.4 Å². The fraction of sp³-hybridized carbons (Fsp3) is 0.500. The number of thiophene rings is 1. The molecule has 0 aliphatic carbocycles. The Bertz CT molecular complexity index is 514. The maximum atomic E-state index is 8.90. The smallest absolute Gasteiger partial charge is 0.146 e. The maximum absolute atomic E-state index is 8.90. The third kappa shape index (κ3) is 2.95. The first kappa shape index (κ1) is 13.2. The number of aromatic nitrogens is 2. The Hall–Kier alpha value is -1.24. The summed E-state index contributed by atoms with van der Waals surface area (Å²) < 4.78 is 0. The van der Waals surface area contributed by atoms with E-state index in [1.165, 1.54) is 0 Å². The van der Waals surface area contributed by atoms with Crippen molar-refractivity contribution in [1.29, 1.82) is 0 Å². The molecule has 2 aromatic rings. The van der Waals surface area contributed by atoms with E-state index in [0.717, 1.165) is 28.4 Å². The lowest BCUT2D eigenvalue weighted by atomic mass is 10.3. The van der Waals surface area contributed by atoms with E-state index in [1.807, 2.05) is 23.4 Å². The fourth-order valence-electron chi connectivity index (χ4n) is 1.76. The van der Waals surface area contributed by atoms with Gasteiger partial charge in [-0.25, -0.2) is 9.97 Å². The molecule has 0 aliphatic heterocycles. The van der Waals surface area contributed by atoms with E-state index in [2.05, 4.69) is 22.2 Å². The molecule has 0 aliphatic rings. The number of nitrogens with zero attached hydrogens (tertiary/aromatic N) is 3. The second-order valence-corrected chi connectivity index (χ2v) is 5.01. The number of aliphatic hydroxyl groups is 1. The van der Waals surface area contributed by atoms with E-state index >= 15 is 0 Å². The zero-order valence-corrected chi connectivity index (χ0v) is 11.5. The Labute approximate surface area is 110 Å². The normalized spacial score (nSPS) is 11.3. The van der Waals surface area contributed by atoms with Crippen LogP contribution in [-0.4, -0.2) is 46.7 Å². The standard InChI is InChI=1S/C12H18N4OS/c1-3-13-11-9-4-7-18-12(9)15-10(14-11)8-16(2)5-6-17/h4,7,17H,3,5-6,8H2,1-2H3,(H,13,14,15). The van der Waals surface area contributed by atoms with Crippen molar-refractivity contribution in [3.05, 3.63) is 17.3 Å². The van der Waals surface area contributed by atoms with Gasteiger partial charge in [0.15, 0.2) is 0 Å². The van der Waals surface area contributed by atoms with Crippen molar-refractivity contribution in [2.75, 3.05) is 32.1 Å². The van der Waals surface area contributed by atoms with E-state index in [-0.39, 0.29) is 6.61 Å². The van der Waals surface area contributed by atoms with Crippen molar-refractivity contribution in [3.63, 3.8) is 0 Å². The van der Waals surface area contributed by atoms with Crippen molar-refractivity contribution in [2.24, 2.45) is 0 Å². The highest BCUT2D eigenvalue weighted by atomic mass is 32.1. The van der Waals surface area contributed by atoms with E-state index in [9.17, 15) is 0 Å². The molecule has 0 aromatic carbocycles. The molecule has 0 fully saturated rings. The van der Waals surface area contributed by atoms with E-state index < -0.39 is 0 Å². The molecule has 0 amide bonds. The molecule has 0 spiro atoms. The third-order valence-corrected chi connectivity index (χ3v) is 3.42. The van der Waals surface area contributed by atoms with Gasteiger partial charge in [-0.05, 0) is 25.4 Å². The lowest BCUT2D eigenvalue weighted by molar-refractivity contribution is 0.215. The zero-order valence-electron chi connectivity index (χ0n) is 10.7. The largest absolute Gasteiger partial charge is 0.395 e. The monoisotopic (exact) mass is 266 g/mol. The highest BCUT2D eigenvalue weighted by molar-refractivity contribution is 7.16. The van der Waals surface area contributed by atoms with Crippen molar-refractivity contribution in [3.8, 4) is 0 Å². The summed E-state index contributed by atoms with van der Waals surface area (Å²) in [6.07, 6.45) is 0. The van der Waals surface area contributed by atoms with Gasteiger partial charge in [0.25, 0.3) is 0 Å². The molecule has 5 nitrogen and oxygen atoms in total. The minimum atomic E-state index is 0.151. The van der Waals surface area contributed by atoms with Crippen molar-refractivity contribution in [2.45, 2.75) is 13.5 Å². The molecule has 0 radical (unpaired) electrons. The fourth-order valence-corrected chi connectivity index (χ4v) is 2.55. The second-order valence-electron chi connectivity index (χ2n) is 4.12. The second kappa shape index (κ2) is 6.08. The van der Waals surface area contributed by atoms with Crippen molar-refractivity contribution in [1.82, 2.24) is 14.9 Å². The summed E-state index contributed by atoms with van der Waals surface area (Å²) in [6, 6.07) is 2.04. The van der Waals surface area contributed by atoms with Crippen LogP contribution in [0.15, 0.2) is 11.4 Å². The van der Waals surface area contributed by atoms with Gasteiger partial charge in [-0.2, -0.15) is 0 Å². The van der Waals surface area contributed by atoms with Gasteiger partial charge in [-0.3, -0.25) is 4.90 Å². The predicted octanol–water partition coefficient (Wildman–Crippen LogP) is 1.55. The molecule has 2 aromatic heterocycles. The molecule has 0 saturated heterocycles. The summed E-state index contributed by atoms with van der Waals surface area (Å²) in [5.41, 5.74) is 0. The summed E-state index contributed by atoms with van der Waals surface area (Å²) in [6.45, 7) is 4.32. The Kier molecular flexibility index (Phi) is 4.46. The molecule has 2 heterocycles. The molecular formula is C12H18N4OS. The SMILES string of the molecule is CCNc1nc(CN(C)CCO)nc2sccc12. The molecule has 98 valence electrons. The van der Waals surface area contributed by atoms with Gasteiger partial charge in [0.1, 0.15) is 16.5 Å². The van der Waals surface area contributed by atoms with Crippen LogP contribution in [0.25, 0.3) is 10.2 Å². The summed E-state index contributed by atoms with van der Waals surface area (Å²) in [7, 11) is 1.95. The number of rotatable bonds is 6. The van der Waals surface area contributed by atoms with Crippen LogP contribution in [0.3, 0.4) is 0 Å². The van der Waals surface area contributed by atoms with Gasteiger partial charge in [0, 0.05) is 13.1 Å². The average Bonchev–Trinajstić information content (AvgIpc) is 2.78. The first-order chi connectivity index (χ1) is 8.74. The zero-order chi connectivity index (χ0) is 13.0. The van der Waals surface area contributed by atoms with Crippen LogP contribution in [-0.2, 0) is 6.54 Å². The molecule has 2 N–H and O–H groups in total. The number of nitrogens with one attached hydrogen (secondary N) is 1. The number of aliphatic hydroxyl groups excluding tert-OH is 1. The highest BCUT2D eigenvalue weighted by Gasteiger charge is 2.09. The van der Waals surface area contributed by atoms with Gasteiger partial charge in [0.05, 0.1) is 18.5 Å². The van der Waals surface area contributed by atoms with Gasteiger partial charge in [-0.15, -0.1) is 11.3 Å². The predicted molar refractivity (Wildman–Crippen MR) is 75.0 cm³/mol. The lowest BCUT2D eigenvalue weighted by Crippen LogP contribution is -2.23. The van der Waals surface area contributed by atoms with Crippen LogP contribution in [0.2, 0.25) is 0 Å². The van der Waals surface area contributed by atoms with Crippen LogP contribution in [0.5, 0.6) is 0 Å². The van der Waals surface area contributed by atoms with Crippen LogP contribution >= 0.6 is 11.3 Å². The Balaban J connectivity index is 2.27. The summed E-state index contributed by atoms with van der Waals surface area (Å²) in [5.74, 6) is 1.69. The Morgan fingerprint density at radius 2 is 2.28 bits per heavy atom. The molecule has 0 bridgehead atoms. The van der Waals surface area contributed by atoms with Gasteiger partial charge in [-0.1, -0.05) is 0 Å². The van der Waals surface area contributed by atoms with Crippen LogP contribution < -0.4 is 5.32 Å². The minimum absolute atomic E-state index is 0.151. The number of anilines is 1. The molecule has 0 unspecified atom stereocenters. The highest BCUT2D eigenvalue weighted by Crippen LogP contribution is 2.25. The molecule has 2 rings (SSSR count). The average molecular weight is 266 g/mol. The molecule has 18 heavy (non-hydrogen) atoms. The molecule has 0 atom stereocenters. The summed E-state index contributed by atoms with van der Waals surface area (Å²) >= 11 is 1.62. The summed E-state index contributed by atoms with van der Waals surface area (Å²) in [5, 5.41) is 15.3. The number of fused-ring (bicyclic) bond motifs is 1. The van der Waals surface area contributed by atoms with Crippen molar-refractivity contribution >= 4 is 27.4 Å². The number of likely N-dealkylation sites (N-methyl/N-ethyl adjacent to an activating group) is 1. The number of hydrogen-bond acceptors (Lipinski definition) is 6. The molecule has 0 saturated carbocycles. The van der Waals surface area contributed by atoms with E-state index in [0.29, 0.717) is 13.1 Å². The van der Waals surface area contributed by atoms with Gasteiger partial charge >= 0.3 is 0 Å². The molecular weight excluding hydrogens is 248 g/mol. The third-order valence-electron chi connectivity index (χ3n) is 2.61. The number of hydrogen-bond donors (Lipinski definition) is 2. The van der Waals surface area contributed by atoms with E-state index in [4.69, 9.17) is 5.11 Å². The summed E-state index contributed by atoms with van der Waals surface area (Å²) in [4.78, 5) is 12.1. The topological polar surface area (TPSA) is 61.3 Å². The van der Waals surface area contributed by atoms with Crippen LogP contribution in [0.4, 0.5) is 5.82 Å². The molecule has 6 heteroatoms. The Morgan fingerprint density at radius 3 is 3.00 bits per heavy atom. The lowest BCUT2D eigenvalue weighted by Gasteiger charge is -2.14. The first-order valence-corrected chi connectivity index (χ1v) is 6.90. The quantitative estimate of drug-likeness (QED) is 0.830.